The highest BCUT2D eigenvalue weighted by molar-refractivity contribution is 5.88. The molecule has 0 fully saturated rings. The van der Waals surface area contributed by atoms with Gasteiger partial charge >= 0.3 is 0 Å². The van der Waals surface area contributed by atoms with Crippen LogP contribution in [0.4, 0.5) is 0 Å². The number of benzene rings is 1. The van der Waals surface area contributed by atoms with Gasteiger partial charge in [-0.15, -0.1) is 0 Å². The smallest absolute Gasteiger partial charge is 0.0999 e. The van der Waals surface area contributed by atoms with E-state index in [-0.39, 0.29) is 0 Å². The van der Waals surface area contributed by atoms with Gasteiger partial charge in [0.2, 0.25) is 0 Å². The lowest BCUT2D eigenvalue weighted by Gasteiger charge is -2.04. The van der Waals surface area contributed by atoms with Crippen LogP contribution in [0.3, 0.4) is 0 Å². The maximum atomic E-state index is 9.45. The Labute approximate surface area is 143 Å². The molecule has 0 spiro atoms. The molecule has 3 rings (SSSR count). The molecule has 0 amide bonds. The van der Waals surface area contributed by atoms with Crippen molar-refractivity contribution >= 4 is 10.9 Å². The number of hydrogen-bond acceptors (Lipinski definition) is 3. The molecule has 4 heteroatoms. The van der Waals surface area contributed by atoms with Gasteiger partial charge in [-0.2, -0.15) is 5.26 Å². The van der Waals surface area contributed by atoms with E-state index in [9.17, 15) is 5.26 Å². The fourth-order valence-electron chi connectivity index (χ4n) is 2.50. The van der Waals surface area contributed by atoms with Crippen LogP contribution >= 0.6 is 0 Å². The largest absolute Gasteiger partial charge is 0.358 e. The van der Waals surface area contributed by atoms with E-state index in [4.69, 9.17) is 0 Å². The van der Waals surface area contributed by atoms with E-state index in [1.165, 1.54) is 5.69 Å². The molecule has 0 bridgehead atoms. The second-order valence-corrected chi connectivity index (χ2v) is 5.72. The molecule has 0 aliphatic rings. The molecule has 0 unspecified atom stereocenters. The van der Waals surface area contributed by atoms with E-state index < -0.39 is 0 Å². The average Bonchev–Trinajstić information content (AvgIpc) is 3.05. The van der Waals surface area contributed by atoms with Crippen LogP contribution in [0.25, 0.3) is 22.2 Å². The molecule has 0 radical (unpaired) electrons. The lowest BCUT2D eigenvalue weighted by molar-refractivity contribution is 0.836. The van der Waals surface area contributed by atoms with Crippen LogP contribution in [0.1, 0.15) is 57.5 Å². The van der Waals surface area contributed by atoms with Crippen LogP contribution in [-0.4, -0.2) is 15.0 Å². The number of nitrogens with one attached hydrogen (secondary N) is 1. The number of aryl methyl sites for hydroxylation is 1. The Kier molecular flexibility index (Phi) is 5.70. The molecule has 1 aromatic carbocycles. The van der Waals surface area contributed by atoms with Crippen LogP contribution in [-0.2, 0) is 6.42 Å². The number of aromatic amines is 1. The zero-order valence-corrected chi connectivity index (χ0v) is 15.0. The molecule has 0 atom stereocenters. The van der Waals surface area contributed by atoms with Crippen molar-refractivity contribution in [2.24, 2.45) is 0 Å². The molecule has 2 aromatic heterocycles. The minimum absolute atomic E-state index is 0.421. The summed E-state index contributed by atoms with van der Waals surface area (Å²) in [5.41, 5.74) is 5.33. The molecular formula is C20H24N4. The fraction of sp³-hybridized carbons (Fsp3) is 0.350. The van der Waals surface area contributed by atoms with Crippen molar-refractivity contribution in [1.29, 1.82) is 5.26 Å². The number of aromatic nitrogens is 3. The lowest BCUT2D eigenvalue weighted by atomic mass is 10.0. The molecule has 0 saturated heterocycles. The van der Waals surface area contributed by atoms with Gasteiger partial charge in [0.05, 0.1) is 29.2 Å². The average molecular weight is 320 g/mol. The minimum atomic E-state index is 0.421. The highest BCUT2D eigenvalue weighted by atomic mass is 14.8. The molecular weight excluding hydrogens is 296 g/mol. The summed E-state index contributed by atoms with van der Waals surface area (Å²) in [6.45, 7) is 10.3. The first-order chi connectivity index (χ1) is 11.6. The Hall–Kier alpha value is -2.67. The van der Waals surface area contributed by atoms with Crippen molar-refractivity contribution in [3.8, 4) is 17.3 Å². The van der Waals surface area contributed by atoms with E-state index in [1.807, 2.05) is 32.9 Å². The van der Waals surface area contributed by atoms with Gasteiger partial charge in [-0.1, -0.05) is 34.6 Å². The molecule has 124 valence electrons. The Morgan fingerprint density at radius 3 is 2.42 bits per heavy atom. The Morgan fingerprint density at radius 2 is 1.88 bits per heavy atom. The van der Waals surface area contributed by atoms with Gasteiger partial charge < -0.3 is 4.98 Å². The topological polar surface area (TPSA) is 65.4 Å². The van der Waals surface area contributed by atoms with Crippen molar-refractivity contribution in [2.45, 2.75) is 47.0 Å². The number of hydrogen-bond donors (Lipinski definition) is 1. The highest BCUT2D eigenvalue weighted by Crippen LogP contribution is 2.29. The number of rotatable bonds is 3. The zero-order valence-electron chi connectivity index (χ0n) is 15.0. The quantitative estimate of drug-likeness (QED) is 0.720. The van der Waals surface area contributed by atoms with E-state index in [0.717, 1.165) is 34.3 Å². The maximum absolute atomic E-state index is 9.45. The Morgan fingerprint density at radius 1 is 1.12 bits per heavy atom. The lowest BCUT2D eigenvalue weighted by Crippen LogP contribution is -1.93. The van der Waals surface area contributed by atoms with Crippen LogP contribution < -0.4 is 0 Å². The van der Waals surface area contributed by atoms with E-state index >= 15 is 0 Å². The Balaban J connectivity index is 0.00000100. The van der Waals surface area contributed by atoms with Crippen LogP contribution in [0.15, 0.2) is 30.6 Å². The summed E-state index contributed by atoms with van der Waals surface area (Å²) in [5.74, 6) is 0.421. The number of fused-ring (bicyclic) bond motifs is 1. The summed E-state index contributed by atoms with van der Waals surface area (Å²) in [4.78, 5) is 12.3. The minimum Gasteiger partial charge on any atom is -0.358 e. The van der Waals surface area contributed by atoms with Gasteiger partial charge in [-0.05, 0) is 30.5 Å². The molecule has 4 nitrogen and oxygen atoms in total. The standard InChI is InChI=1S/C18H18N4.C2H6/c1-4-14-9-21-18(10-20-14)15-7-17-12(5-13(15)8-19)6-16(22-17)11(2)3;1-2/h5-7,9-11,22H,4H2,1-3H3;1-2H3. The van der Waals surface area contributed by atoms with Crippen molar-refractivity contribution in [2.75, 3.05) is 0 Å². The first-order valence-corrected chi connectivity index (χ1v) is 8.50. The van der Waals surface area contributed by atoms with Gasteiger partial charge in [-0.3, -0.25) is 9.97 Å². The van der Waals surface area contributed by atoms with E-state index in [1.54, 1.807) is 12.4 Å². The van der Waals surface area contributed by atoms with Gasteiger partial charge in [0.25, 0.3) is 0 Å². The van der Waals surface area contributed by atoms with Gasteiger partial charge in [0.15, 0.2) is 0 Å². The number of nitrogens with zero attached hydrogens (tertiary/aromatic N) is 3. The summed E-state index contributed by atoms with van der Waals surface area (Å²) in [7, 11) is 0. The van der Waals surface area contributed by atoms with Gasteiger partial charge in [-0.25, -0.2) is 0 Å². The molecule has 24 heavy (non-hydrogen) atoms. The SMILES string of the molecule is CC.CCc1cnc(-c2cc3[nH]c(C(C)C)cc3cc2C#N)cn1. The Bertz CT molecular complexity index is 852. The van der Waals surface area contributed by atoms with Crippen LogP contribution in [0.5, 0.6) is 0 Å². The third kappa shape index (κ3) is 3.46. The second-order valence-electron chi connectivity index (χ2n) is 5.72. The van der Waals surface area contributed by atoms with E-state index in [2.05, 4.69) is 40.9 Å². The van der Waals surface area contributed by atoms with Crippen molar-refractivity contribution < 1.29 is 0 Å². The zero-order chi connectivity index (χ0) is 17.7. The second kappa shape index (κ2) is 7.74. The summed E-state index contributed by atoms with van der Waals surface area (Å²) in [5, 5.41) is 10.5. The molecule has 0 saturated carbocycles. The summed E-state index contributed by atoms with van der Waals surface area (Å²) < 4.78 is 0. The number of H-pyrrole nitrogens is 1. The normalized spacial score (nSPS) is 10.4. The summed E-state index contributed by atoms with van der Waals surface area (Å²) in [6, 6.07) is 8.29. The van der Waals surface area contributed by atoms with Crippen molar-refractivity contribution in [3.63, 3.8) is 0 Å². The highest BCUT2D eigenvalue weighted by Gasteiger charge is 2.12. The van der Waals surface area contributed by atoms with Gasteiger partial charge in [0, 0.05) is 28.4 Å². The van der Waals surface area contributed by atoms with Crippen molar-refractivity contribution in [1.82, 2.24) is 15.0 Å². The van der Waals surface area contributed by atoms with Crippen LogP contribution in [0, 0.1) is 11.3 Å². The molecule has 3 aromatic rings. The first kappa shape index (κ1) is 17.7. The monoisotopic (exact) mass is 320 g/mol. The molecule has 0 aliphatic carbocycles. The fourth-order valence-corrected chi connectivity index (χ4v) is 2.50. The van der Waals surface area contributed by atoms with E-state index in [0.29, 0.717) is 11.5 Å². The van der Waals surface area contributed by atoms with Gasteiger partial charge in [0.1, 0.15) is 0 Å². The predicted octanol–water partition coefficient (Wildman–Crippen LogP) is 5.21. The molecule has 2 heterocycles. The van der Waals surface area contributed by atoms with Crippen molar-refractivity contribution in [3.05, 3.63) is 47.5 Å². The molecule has 0 aliphatic heterocycles. The third-order valence-corrected chi connectivity index (χ3v) is 3.87. The third-order valence-electron chi connectivity index (χ3n) is 3.87. The maximum Gasteiger partial charge on any atom is 0.0999 e. The summed E-state index contributed by atoms with van der Waals surface area (Å²) >= 11 is 0. The number of nitriles is 1. The summed E-state index contributed by atoms with van der Waals surface area (Å²) in [6.07, 6.45) is 4.37. The molecule has 1 N–H and O–H groups in total. The van der Waals surface area contributed by atoms with Crippen LogP contribution in [0.2, 0.25) is 0 Å². The first-order valence-electron chi connectivity index (χ1n) is 8.50. The predicted molar refractivity (Wildman–Crippen MR) is 98.9 cm³/mol.